The maximum absolute atomic E-state index is 10.5. The molecule has 76 valence electrons. The van der Waals surface area contributed by atoms with Crippen LogP contribution in [0.4, 0.5) is 0 Å². The summed E-state index contributed by atoms with van der Waals surface area (Å²) in [6, 6.07) is 0.357. The Bertz CT molecular complexity index is 149. The highest BCUT2D eigenvalue weighted by atomic mass is 16.3. The van der Waals surface area contributed by atoms with Crippen molar-refractivity contribution in [2.45, 2.75) is 57.1 Å². The monoisotopic (exact) mass is 183 g/mol. The molecule has 1 aliphatic heterocycles. The minimum Gasteiger partial charge on any atom is -0.388 e. The van der Waals surface area contributed by atoms with Gasteiger partial charge in [0.15, 0.2) is 0 Å². The summed E-state index contributed by atoms with van der Waals surface area (Å²) in [5, 5.41) is 13.9. The van der Waals surface area contributed by atoms with Crippen molar-refractivity contribution in [2.75, 3.05) is 6.54 Å². The fourth-order valence-corrected chi connectivity index (χ4v) is 2.98. The number of hydrogen-bond acceptors (Lipinski definition) is 2. The molecule has 0 radical (unpaired) electrons. The Morgan fingerprint density at radius 3 is 2.38 bits per heavy atom. The zero-order valence-electron chi connectivity index (χ0n) is 8.55. The molecular weight excluding hydrogens is 162 g/mol. The molecule has 2 aliphatic rings. The predicted octanol–water partition coefficient (Wildman–Crippen LogP) is 1.68. The van der Waals surface area contributed by atoms with Crippen LogP contribution in [0.25, 0.3) is 0 Å². The molecule has 2 rings (SSSR count). The largest absolute Gasteiger partial charge is 0.388 e. The Hall–Kier alpha value is -0.0800. The van der Waals surface area contributed by atoms with Crippen molar-refractivity contribution in [1.29, 1.82) is 0 Å². The van der Waals surface area contributed by atoms with Crippen molar-refractivity contribution in [3.8, 4) is 0 Å². The lowest BCUT2D eigenvalue weighted by molar-refractivity contribution is -0.0276. The first-order chi connectivity index (χ1) is 6.21. The third kappa shape index (κ3) is 1.75. The molecule has 2 atom stereocenters. The zero-order chi connectivity index (χ0) is 9.31. The molecular formula is C11H21NO. The number of nitrogens with one attached hydrogen (secondary N) is 1. The van der Waals surface area contributed by atoms with E-state index in [1.165, 1.54) is 32.1 Å². The molecule has 2 heteroatoms. The quantitative estimate of drug-likeness (QED) is 0.682. The minimum atomic E-state index is -0.451. The Balaban J connectivity index is 1.99. The molecule has 0 unspecified atom stereocenters. The average molecular weight is 183 g/mol. The van der Waals surface area contributed by atoms with E-state index in [9.17, 15) is 5.11 Å². The summed E-state index contributed by atoms with van der Waals surface area (Å²) in [5.41, 5.74) is -0.451. The number of aliphatic hydroxyl groups is 1. The molecule has 1 aliphatic carbocycles. The first kappa shape index (κ1) is 9.47. The normalized spacial score (nSPS) is 35.1. The fourth-order valence-electron chi connectivity index (χ4n) is 2.98. The minimum absolute atomic E-state index is 0.357. The fraction of sp³-hybridized carbons (Fsp3) is 1.00. The Morgan fingerprint density at radius 1 is 1.15 bits per heavy atom. The maximum Gasteiger partial charge on any atom is 0.0799 e. The van der Waals surface area contributed by atoms with Crippen LogP contribution in [0.2, 0.25) is 0 Å². The molecule has 1 saturated heterocycles. The van der Waals surface area contributed by atoms with E-state index in [-0.39, 0.29) is 0 Å². The average Bonchev–Trinajstić information content (AvgIpc) is 2.78. The van der Waals surface area contributed by atoms with Gasteiger partial charge >= 0.3 is 0 Å². The van der Waals surface area contributed by atoms with Gasteiger partial charge in [0.2, 0.25) is 0 Å². The standard InChI is InChI=1S/C11H21NO/c1-11(13,9-5-2-3-6-9)10-7-4-8-12-10/h9-10,12-13H,2-8H2,1H3/t10-,11+/m0/s1. The maximum atomic E-state index is 10.5. The van der Waals surface area contributed by atoms with Crippen molar-refractivity contribution in [3.05, 3.63) is 0 Å². The molecule has 2 fully saturated rings. The second kappa shape index (κ2) is 3.58. The molecule has 0 aromatic rings. The highest BCUT2D eigenvalue weighted by Gasteiger charge is 2.41. The zero-order valence-corrected chi connectivity index (χ0v) is 8.55. The smallest absolute Gasteiger partial charge is 0.0799 e. The van der Waals surface area contributed by atoms with E-state index >= 15 is 0 Å². The van der Waals surface area contributed by atoms with E-state index in [0.717, 1.165) is 13.0 Å². The topological polar surface area (TPSA) is 32.3 Å². The summed E-state index contributed by atoms with van der Waals surface area (Å²) in [5.74, 6) is 0.545. The van der Waals surface area contributed by atoms with Crippen LogP contribution in [-0.2, 0) is 0 Å². The third-order valence-electron chi connectivity index (χ3n) is 3.95. The molecule has 0 aromatic carbocycles. The van der Waals surface area contributed by atoms with Crippen LogP contribution in [0.3, 0.4) is 0 Å². The van der Waals surface area contributed by atoms with Crippen molar-refractivity contribution in [1.82, 2.24) is 5.32 Å². The summed E-state index contributed by atoms with van der Waals surface area (Å²) in [6.07, 6.45) is 7.47. The van der Waals surface area contributed by atoms with Gasteiger partial charge in [0.05, 0.1) is 5.60 Å². The van der Waals surface area contributed by atoms with Gasteiger partial charge in [0, 0.05) is 6.04 Å². The van der Waals surface area contributed by atoms with E-state index in [1.54, 1.807) is 0 Å². The Morgan fingerprint density at radius 2 is 1.85 bits per heavy atom. The Labute approximate surface area is 80.7 Å². The molecule has 13 heavy (non-hydrogen) atoms. The van der Waals surface area contributed by atoms with E-state index in [2.05, 4.69) is 5.32 Å². The summed E-state index contributed by atoms with van der Waals surface area (Å²) in [6.45, 7) is 3.12. The summed E-state index contributed by atoms with van der Waals surface area (Å²) < 4.78 is 0. The van der Waals surface area contributed by atoms with Gasteiger partial charge in [-0.15, -0.1) is 0 Å². The van der Waals surface area contributed by atoms with Gasteiger partial charge in [-0.2, -0.15) is 0 Å². The lowest BCUT2D eigenvalue weighted by atomic mass is 9.81. The van der Waals surface area contributed by atoms with Crippen LogP contribution in [0.5, 0.6) is 0 Å². The van der Waals surface area contributed by atoms with Crippen molar-refractivity contribution in [2.24, 2.45) is 5.92 Å². The van der Waals surface area contributed by atoms with Crippen LogP contribution in [0.15, 0.2) is 0 Å². The van der Waals surface area contributed by atoms with E-state index in [0.29, 0.717) is 12.0 Å². The number of rotatable bonds is 2. The van der Waals surface area contributed by atoms with Gasteiger partial charge < -0.3 is 10.4 Å². The van der Waals surface area contributed by atoms with E-state index in [4.69, 9.17) is 0 Å². The first-order valence-corrected chi connectivity index (χ1v) is 5.67. The predicted molar refractivity (Wildman–Crippen MR) is 53.6 cm³/mol. The van der Waals surface area contributed by atoms with Crippen LogP contribution in [0.1, 0.15) is 45.4 Å². The highest BCUT2D eigenvalue weighted by molar-refractivity contribution is 4.97. The van der Waals surface area contributed by atoms with Gasteiger partial charge in [-0.3, -0.25) is 0 Å². The molecule has 0 bridgehead atoms. The second-order valence-corrected chi connectivity index (χ2v) is 4.86. The van der Waals surface area contributed by atoms with E-state index < -0.39 is 5.60 Å². The van der Waals surface area contributed by atoms with Crippen LogP contribution in [-0.4, -0.2) is 23.3 Å². The van der Waals surface area contributed by atoms with Crippen molar-refractivity contribution >= 4 is 0 Å². The molecule has 2 nitrogen and oxygen atoms in total. The molecule has 0 spiro atoms. The molecule has 1 heterocycles. The summed E-state index contributed by atoms with van der Waals surface area (Å²) >= 11 is 0. The van der Waals surface area contributed by atoms with Gasteiger partial charge in [-0.05, 0) is 45.1 Å². The van der Waals surface area contributed by atoms with Crippen LogP contribution >= 0.6 is 0 Å². The van der Waals surface area contributed by atoms with Gasteiger partial charge in [0.25, 0.3) is 0 Å². The second-order valence-electron chi connectivity index (χ2n) is 4.86. The van der Waals surface area contributed by atoms with Gasteiger partial charge in [-0.1, -0.05) is 12.8 Å². The van der Waals surface area contributed by atoms with Gasteiger partial charge in [-0.25, -0.2) is 0 Å². The summed E-state index contributed by atoms with van der Waals surface area (Å²) in [7, 11) is 0. The first-order valence-electron chi connectivity index (χ1n) is 5.67. The summed E-state index contributed by atoms with van der Waals surface area (Å²) in [4.78, 5) is 0. The SMILES string of the molecule is C[C@@](O)(C1CCCC1)[C@@H]1CCCN1. The molecule has 0 aromatic heterocycles. The van der Waals surface area contributed by atoms with Crippen LogP contribution < -0.4 is 5.32 Å². The lowest BCUT2D eigenvalue weighted by Gasteiger charge is -2.35. The Kier molecular flexibility index (Phi) is 2.61. The van der Waals surface area contributed by atoms with Crippen LogP contribution in [0, 0.1) is 5.92 Å². The van der Waals surface area contributed by atoms with Crippen molar-refractivity contribution in [3.63, 3.8) is 0 Å². The number of hydrogen-bond donors (Lipinski definition) is 2. The molecule has 0 amide bonds. The lowest BCUT2D eigenvalue weighted by Crippen LogP contribution is -2.50. The highest BCUT2D eigenvalue weighted by Crippen LogP contribution is 2.37. The molecule has 2 N–H and O–H groups in total. The van der Waals surface area contributed by atoms with Gasteiger partial charge in [0.1, 0.15) is 0 Å². The third-order valence-corrected chi connectivity index (χ3v) is 3.95. The van der Waals surface area contributed by atoms with E-state index in [1.807, 2.05) is 6.92 Å². The van der Waals surface area contributed by atoms with Crippen molar-refractivity contribution < 1.29 is 5.11 Å². The molecule has 1 saturated carbocycles.